The van der Waals surface area contributed by atoms with E-state index in [4.69, 9.17) is 21.2 Å². The molecule has 2 rings (SSSR count). The standard InChI is InChI=1S/C27H40ClNO4/c1-2-3-4-5-6-7-8-9-10-11-12-15-27(31)33-29-25-22-24(32-21-14-13-20-28)18-16-23(25)17-19-26(29)30/h16-19,22H,2-15,20-21H2,1H3. The molecule has 2 aromatic rings. The van der Waals surface area contributed by atoms with E-state index in [0.29, 0.717) is 30.2 Å². The lowest BCUT2D eigenvalue weighted by molar-refractivity contribution is -0.144. The van der Waals surface area contributed by atoms with Crippen molar-refractivity contribution < 1.29 is 14.4 Å². The molecule has 0 fully saturated rings. The van der Waals surface area contributed by atoms with Crippen LogP contribution in [0.3, 0.4) is 0 Å². The first kappa shape index (κ1) is 27.2. The van der Waals surface area contributed by atoms with Crippen LogP contribution in [0.4, 0.5) is 0 Å². The van der Waals surface area contributed by atoms with Crippen molar-refractivity contribution >= 4 is 28.5 Å². The molecular formula is C27H40ClNO4. The van der Waals surface area contributed by atoms with Gasteiger partial charge < -0.3 is 9.57 Å². The van der Waals surface area contributed by atoms with Gasteiger partial charge >= 0.3 is 5.97 Å². The number of alkyl halides is 1. The van der Waals surface area contributed by atoms with E-state index in [1.165, 1.54) is 57.4 Å². The maximum atomic E-state index is 12.4. The summed E-state index contributed by atoms with van der Waals surface area (Å²) in [7, 11) is 0. The predicted molar refractivity (Wildman–Crippen MR) is 136 cm³/mol. The molecule has 0 unspecified atom stereocenters. The van der Waals surface area contributed by atoms with E-state index in [-0.39, 0.29) is 11.5 Å². The fourth-order valence-corrected chi connectivity index (χ4v) is 4.03. The van der Waals surface area contributed by atoms with Gasteiger partial charge in [0.1, 0.15) is 5.75 Å². The molecule has 0 bridgehead atoms. The molecule has 0 spiro atoms. The monoisotopic (exact) mass is 477 g/mol. The molecule has 0 amide bonds. The Kier molecular flexibility index (Phi) is 13.7. The van der Waals surface area contributed by atoms with Crippen molar-refractivity contribution in [3.63, 3.8) is 0 Å². The predicted octanol–water partition coefficient (Wildman–Crippen LogP) is 7.06. The summed E-state index contributed by atoms with van der Waals surface area (Å²) in [5, 5.41) is 0.810. The third kappa shape index (κ3) is 10.6. The van der Waals surface area contributed by atoms with Crippen molar-refractivity contribution in [3.8, 4) is 5.75 Å². The first-order chi connectivity index (χ1) is 16.2. The topological polar surface area (TPSA) is 57.5 Å². The van der Waals surface area contributed by atoms with Crippen molar-refractivity contribution in [1.82, 2.24) is 4.73 Å². The number of ether oxygens (including phenoxy) is 1. The van der Waals surface area contributed by atoms with Crippen LogP contribution in [-0.4, -0.2) is 23.2 Å². The number of carbonyl (C=O) groups is 1. The molecule has 1 heterocycles. The van der Waals surface area contributed by atoms with Gasteiger partial charge in [0.05, 0.1) is 12.1 Å². The highest BCUT2D eigenvalue weighted by molar-refractivity contribution is 6.17. The highest BCUT2D eigenvalue weighted by Crippen LogP contribution is 2.20. The number of aromatic nitrogens is 1. The molecule has 0 aliphatic carbocycles. The highest BCUT2D eigenvalue weighted by atomic mass is 35.5. The van der Waals surface area contributed by atoms with E-state index >= 15 is 0 Å². The number of hydrogen-bond donors (Lipinski definition) is 0. The molecule has 0 saturated heterocycles. The molecule has 184 valence electrons. The number of carbonyl (C=O) groups excluding carboxylic acids is 1. The molecule has 0 N–H and O–H groups in total. The van der Waals surface area contributed by atoms with Crippen LogP contribution in [0.1, 0.15) is 96.8 Å². The summed E-state index contributed by atoms with van der Waals surface area (Å²) < 4.78 is 6.83. The van der Waals surface area contributed by atoms with Crippen molar-refractivity contribution in [1.29, 1.82) is 0 Å². The maximum Gasteiger partial charge on any atom is 0.333 e. The second kappa shape index (κ2) is 16.6. The van der Waals surface area contributed by atoms with Gasteiger partial charge in [0.25, 0.3) is 5.56 Å². The molecule has 0 radical (unpaired) electrons. The lowest BCUT2D eigenvalue weighted by Gasteiger charge is -2.12. The number of unbranched alkanes of at least 4 members (excludes halogenated alkanes) is 11. The fraction of sp³-hybridized carbons (Fsp3) is 0.630. The van der Waals surface area contributed by atoms with E-state index in [0.717, 1.165) is 42.2 Å². The Bertz CT molecular complexity index is 880. The second-order valence-electron chi connectivity index (χ2n) is 8.68. The van der Waals surface area contributed by atoms with Crippen LogP contribution in [-0.2, 0) is 4.79 Å². The Morgan fingerprint density at radius 1 is 0.848 bits per heavy atom. The molecule has 0 aliphatic rings. The van der Waals surface area contributed by atoms with Crippen LogP contribution in [0.15, 0.2) is 35.1 Å². The summed E-state index contributed by atoms with van der Waals surface area (Å²) in [6.45, 7) is 2.79. The highest BCUT2D eigenvalue weighted by Gasteiger charge is 2.11. The Balaban J connectivity index is 1.75. The zero-order valence-electron chi connectivity index (χ0n) is 20.2. The normalized spacial score (nSPS) is 11.1. The second-order valence-corrected chi connectivity index (χ2v) is 9.06. The van der Waals surface area contributed by atoms with Crippen LogP contribution in [0.2, 0.25) is 0 Å². The molecular weight excluding hydrogens is 438 g/mol. The largest absolute Gasteiger partial charge is 0.494 e. The van der Waals surface area contributed by atoms with Gasteiger partial charge in [-0.15, -0.1) is 16.3 Å². The summed E-state index contributed by atoms with van der Waals surface area (Å²) in [5.74, 6) is 0.863. The Labute approximate surface area is 203 Å². The molecule has 0 aliphatic heterocycles. The summed E-state index contributed by atoms with van der Waals surface area (Å²) in [4.78, 5) is 30.2. The summed E-state index contributed by atoms with van der Waals surface area (Å²) in [6, 6.07) is 8.60. The van der Waals surface area contributed by atoms with Crippen molar-refractivity contribution in [2.75, 3.05) is 12.5 Å². The maximum absolute atomic E-state index is 12.4. The average Bonchev–Trinajstić information content (AvgIpc) is 2.82. The van der Waals surface area contributed by atoms with Crippen LogP contribution in [0.5, 0.6) is 5.75 Å². The van der Waals surface area contributed by atoms with Gasteiger partial charge in [0, 0.05) is 29.8 Å². The van der Waals surface area contributed by atoms with E-state index in [1.807, 2.05) is 12.1 Å². The number of benzene rings is 1. The molecule has 5 nitrogen and oxygen atoms in total. The quantitative estimate of drug-likeness (QED) is 0.170. The Morgan fingerprint density at radius 2 is 1.48 bits per heavy atom. The van der Waals surface area contributed by atoms with Gasteiger partial charge in [-0.1, -0.05) is 71.1 Å². The fourth-order valence-electron chi connectivity index (χ4n) is 3.84. The first-order valence-corrected chi connectivity index (χ1v) is 13.2. The smallest absolute Gasteiger partial charge is 0.333 e. The lowest BCUT2D eigenvalue weighted by Crippen LogP contribution is -2.30. The lowest BCUT2D eigenvalue weighted by atomic mass is 10.1. The van der Waals surface area contributed by atoms with Crippen LogP contribution in [0.25, 0.3) is 10.9 Å². The zero-order valence-corrected chi connectivity index (χ0v) is 20.9. The van der Waals surface area contributed by atoms with E-state index in [1.54, 1.807) is 12.1 Å². The third-order valence-corrected chi connectivity index (χ3v) is 6.07. The summed E-state index contributed by atoms with van der Waals surface area (Å²) in [6.07, 6.45) is 15.5. The molecule has 1 aromatic heterocycles. The Morgan fingerprint density at radius 3 is 2.15 bits per heavy atom. The van der Waals surface area contributed by atoms with E-state index in [9.17, 15) is 9.59 Å². The van der Waals surface area contributed by atoms with Gasteiger partial charge in [-0.2, -0.15) is 0 Å². The number of nitrogens with zero attached hydrogens (tertiary/aromatic N) is 1. The van der Waals surface area contributed by atoms with Crippen molar-refractivity contribution in [2.24, 2.45) is 0 Å². The van der Waals surface area contributed by atoms with Crippen LogP contribution in [0, 0.1) is 0 Å². The minimum Gasteiger partial charge on any atom is -0.494 e. The number of halogens is 1. The van der Waals surface area contributed by atoms with Crippen LogP contribution < -0.4 is 15.1 Å². The van der Waals surface area contributed by atoms with Gasteiger partial charge in [0.2, 0.25) is 0 Å². The summed E-state index contributed by atoms with van der Waals surface area (Å²) >= 11 is 5.70. The summed E-state index contributed by atoms with van der Waals surface area (Å²) in [5.41, 5.74) is 0.165. The molecule has 0 saturated carbocycles. The van der Waals surface area contributed by atoms with Gasteiger partial charge in [-0.3, -0.25) is 4.79 Å². The third-order valence-electron chi connectivity index (χ3n) is 5.80. The molecule has 0 atom stereocenters. The zero-order chi connectivity index (χ0) is 23.7. The van der Waals surface area contributed by atoms with E-state index < -0.39 is 0 Å². The van der Waals surface area contributed by atoms with Crippen molar-refractivity contribution in [2.45, 2.75) is 96.8 Å². The first-order valence-electron chi connectivity index (χ1n) is 12.7. The number of pyridine rings is 1. The molecule has 33 heavy (non-hydrogen) atoms. The average molecular weight is 478 g/mol. The van der Waals surface area contributed by atoms with Gasteiger partial charge in [-0.05, 0) is 37.5 Å². The number of rotatable bonds is 18. The van der Waals surface area contributed by atoms with Gasteiger partial charge in [0.15, 0.2) is 0 Å². The minimum atomic E-state index is -0.381. The minimum absolute atomic E-state index is 0.314. The molecule has 6 heteroatoms. The van der Waals surface area contributed by atoms with Gasteiger partial charge in [-0.25, -0.2) is 4.79 Å². The number of fused-ring (bicyclic) bond motifs is 1. The van der Waals surface area contributed by atoms with E-state index in [2.05, 4.69) is 6.92 Å². The molecule has 1 aromatic carbocycles. The van der Waals surface area contributed by atoms with Crippen molar-refractivity contribution in [3.05, 3.63) is 40.7 Å². The van der Waals surface area contributed by atoms with Crippen LogP contribution >= 0.6 is 11.6 Å². The SMILES string of the molecule is CCCCCCCCCCCCCC(=O)On1c(=O)ccc2ccc(OCCCCCl)cc21. The Hall–Kier alpha value is -2.01. The number of hydrogen-bond acceptors (Lipinski definition) is 4.